The third kappa shape index (κ3) is 5.71. The Balaban J connectivity index is 2.33. The molecule has 0 bridgehead atoms. The van der Waals surface area contributed by atoms with Crippen molar-refractivity contribution in [2.24, 2.45) is 0 Å². The minimum atomic E-state index is -6.24. The standard InChI is InChI=1S/C19H15F5N2O5S/c1-2-30-17(18(27)26-10-12-5-3-11(9-25)4-6-12)15-13(20)7-8-14(16(15)21)31-32(28,29)19(22,23)24/h3-8,17H,2,10H2,1H3,(H,26,27). The van der Waals surface area contributed by atoms with Crippen LogP contribution in [0.1, 0.15) is 29.7 Å². The molecule has 32 heavy (non-hydrogen) atoms. The van der Waals surface area contributed by atoms with Crippen LogP contribution in [0.2, 0.25) is 0 Å². The number of rotatable bonds is 8. The first kappa shape index (κ1) is 25.0. The molecule has 13 heteroatoms. The Morgan fingerprint density at radius 2 is 1.78 bits per heavy atom. The number of nitrogens with one attached hydrogen (secondary N) is 1. The van der Waals surface area contributed by atoms with Gasteiger partial charge in [-0.1, -0.05) is 12.1 Å². The van der Waals surface area contributed by atoms with Crippen molar-refractivity contribution in [1.29, 1.82) is 5.26 Å². The molecule has 7 nitrogen and oxygen atoms in total. The zero-order valence-corrected chi connectivity index (χ0v) is 17.1. The molecule has 1 unspecified atom stereocenters. The van der Waals surface area contributed by atoms with E-state index < -0.39 is 50.6 Å². The van der Waals surface area contributed by atoms with E-state index in [1.54, 1.807) is 0 Å². The molecule has 0 aliphatic heterocycles. The van der Waals surface area contributed by atoms with Gasteiger partial charge in [-0.05, 0) is 36.8 Å². The van der Waals surface area contributed by atoms with Crippen LogP contribution in [0, 0.1) is 23.0 Å². The van der Waals surface area contributed by atoms with Gasteiger partial charge in [-0.25, -0.2) is 8.78 Å². The summed E-state index contributed by atoms with van der Waals surface area (Å²) in [5, 5.41) is 11.1. The van der Waals surface area contributed by atoms with Crippen LogP contribution in [-0.4, -0.2) is 26.4 Å². The summed E-state index contributed by atoms with van der Waals surface area (Å²) in [4.78, 5) is 12.5. The van der Waals surface area contributed by atoms with Crippen LogP contribution in [-0.2, 0) is 26.2 Å². The topological polar surface area (TPSA) is 105 Å². The lowest BCUT2D eigenvalue weighted by Crippen LogP contribution is -2.32. The Kier molecular flexibility index (Phi) is 7.76. The summed E-state index contributed by atoms with van der Waals surface area (Å²) in [6.07, 6.45) is -1.96. The number of carbonyl (C=O) groups is 1. The highest BCUT2D eigenvalue weighted by atomic mass is 32.2. The lowest BCUT2D eigenvalue weighted by Gasteiger charge is -2.20. The number of nitriles is 1. The molecule has 1 N–H and O–H groups in total. The number of carbonyl (C=O) groups excluding carboxylic acids is 1. The van der Waals surface area contributed by atoms with Crippen LogP contribution in [0.3, 0.4) is 0 Å². The van der Waals surface area contributed by atoms with E-state index in [2.05, 4.69) is 9.50 Å². The number of nitrogens with zero attached hydrogens (tertiary/aromatic N) is 1. The predicted octanol–water partition coefficient (Wildman–Crippen LogP) is 3.46. The predicted molar refractivity (Wildman–Crippen MR) is 99.3 cm³/mol. The highest BCUT2D eigenvalue weighted by Crippen LogP contribution is 2.34. The maximum Gasteiger partial charge on any atom is 0.534 e. The summed E-state index contributed by atoms with van der Waals surface area (Å²) in [6, 6.07) is 8.68. The van der Waals surface area contributed by atoms with Crippen molar-refractivity contribution in [3.8, 4) is 11.8 Å². The van der Waals surface area contributed by atoms with Crippen LogP contribution in [0.15, 0.2) is 36.4 Å². The van der Waals surface area contributed by atoms with Gasteiger partial charge in [-0.2, -0.15) is 26.9 Å². The van der Waals surface area contributed by atoms with Gasteiger partial charge in [-0.3, -0.25) is 4.79 Å². The molecule has 0 aromatic heterocycles. The van der Waals surface area contributed by atoms with Crippen LogP contribution in [0.25, 0.3) is 0 Å². The van der Waals surface area contributed by atoms with Gasteiger partial charge in [0.1, 0.15) is 5.82 Å². The molecule has 0 saturated carbocycles. The number of alkyl halides is 3. The molecule has 0 saturated heterocycles. The van der Waals surface area contributed by atoms with E-state index in [0.29, 0.717) is 23.3 Å². The Morgan fingerprint density at radius 1 is 1.16 bits per heavy atom. The minimum Gasteiger partial charge on any atom is -0.373 e. The molecule has 172 valence electrons. The van der Waals surface area contributed by atoms with Crippen LogP contribution < -0.4 is 9.50 Å². The number of halogens is 5. The Labute approximate surface area is 179 Å². The van der Waals surface area contributed by atoms with E-state index in [9.17, 15) is 35.2 Å². The average molecular weight is 478 g/mol. The number of amides is 1. The third-order valence-corrected chi connectivity index (χ3v) is 4.92. The molecule has 0 fully saturated rings. The van der Waals surface area contributed by atoms with E-state index >= 15 is 0 Å². The highest BCUT2D eigenvalue weighted by Gasteiger charge is 2.49. The van der Waals surface area contributed by atoms with Gasteiger partial charge < -0.3 is 14.2 Å². The van der Waals surface area contributed by atoms with E-state index in [-0.39, 0.29) is 13.2 Å². The number of benzene rings is 2. The Morgan fingerprint density at radius 3 is 2.31 bits per heavy atom. The van der Waals surface area contributed by atoms with Crippen molar-refractivity contribution in [1.82, 2.24) is 5.32 Å². The summed E-state index contributed by atoms with van der Waals surface area (Å²) >= 11 is 0. The quantitative estimate of drug-likeness (QED) is 0.354. The third-order valence-electron chi connectivity index (χ3n) is 3.96. The van der Waals surface area contributed by atoms with Crippen molar-refractivity contribution in [3.63, 3.8) is 0 Å². The Bertz CT molecular complexity index is 1130. The molecule has 0 aliphatic carbocycles. The molecule has 2 aromatic rings. The number of hydrogen-bond donors (Lipinski definition) is 1. The average Bonchev–Trinajstić information content (AvgIpc) is 2.73. The molecule has 0 aliphatic rings. The summed E-state index contributed by atoms with van der Waals surface area (Å²) < 4.78 is 97.8. The second-order valence-electron chi connectivity index (χ2n) is 6.12. The molecule has 2 rings (SSSR count). The molecule has 0 spiro atoms. The SMILES string of the molecule is CCOC(C(=O)NCc1ccc(C#N)cc1)c1c(F)ccc(OS(=O)(=O)C(F)(F)F)c1F. The van der Waals surface area contributed by atoms with E-state index in [1.165, 1.54) is 31.2 Å². The first-order valence-electron chi connectivity index (χ1n) is 8.78. The van der Waals surface area contributed by atoms with E-state index in [4.69, 9.17) is 10.00 Å². The maximum atomic E-state index is 14.7. The summed E-state index contributed by atoms with van der Waals surface area (Å²) in [7, 11) is -6.24. The van der Waals surface area contributed by atoms with Gasteiger partial charge in [0.2, 0.25) is 0 Å². The summed E-state index contributed by atoms with van der Waals surface area (Å²) in [6.45, 7) is 1.04. The fourth-order valence-corrected chi connectivity index (χ4v) is 2.91. The largest absolute Gasteiger partial charge is 0.534 e. The van der Waals surface area contributed by atoms with Gasteiger partial charge in [0.15, 0.2) is 17.7 Å². The summed E-state index contributed by atoms with van der Waals surface area (Å²) in [5.74, 6) is -5.72. The second-order valence-corrected chi connectivity index (χ2v) is 7.66. The smallest absolute Gasteiger partial charge is 0.373 e. The number of ether oxygens (including phenoxy) is 1. The molecular weight excluding hydrogens is 463 g/mol. The monoisotopic (exact) mass is 478 g/mol. The second kappa shape index (κ2) is 9.92. The Hall–Kier alpha value is -3.24. The van der Waals surface area contributed by atoms with Crippen molar-refractivity contribution in [2.75, 3.05) is 6.61 Å². The van der Waals surface area contributed by atoms with Crippen LogP contribution in [0.5, 0.6) is 5.75 Å². The van der Waals surface area contributed by atoms with Gasteiger partial charge >= 0.3 is 15.6 Å². The molecule has 1 atom stereocenters. The fraction of sp³-hybridized carbons (Fsp3) is 0.263. The molecule has 1 amide bonds. The lowest BCUT2D eigenvalue weighted by atomic mass is 10.1. The van der Waals surface area contributed by atoms with Gasteiger partial charge in [-0.15, -0.1) is 0 Å². The van der Waals surface area contributed by atoms with Gasteiger partial charge in [0.05, 0.1) is 17.2 Å². The molecule has 2 aromatic carbocycles. The van der Waals surface area contributed by atoms with Crippen LogP contribution >= 0.6 is 0 Å². The zero-order valence-electron chi connectivity index (χ0n) is 16.2. The lowest BCUT2D eigenvalue weighted by molar-refractivity contribution is -0.133. The summed E-state index contributed by atoms with van der Waals surface area (Å²) in [5.41, 5.74) is -6.09. The van der Waals surface area contributed by atoms with E-state index in [1.807, 2.05) is 6.07 Å². The van der Waals surface area contributed by atoms with Gasteiger partial charge in [0.25, 0.3) is 5.91 Å². The maximum absolute atomic E-state index is 14.7. The van der Waals surface area contributed by atoms with Crippen molar-refractivity contribution >= 4 is 16.0 Å². The van der Waals surface area contributed by atoms with Crippen LogP contribution in [0.4, 0.5) is 22.0 Å². The van der Waals surface area contributed by atoms with Gasteiger partial charge in [0, 0.05) is 13.2 Å². The van der Waals surface area contributed by atoms with Crippen molar-refractivity contribution in [2.45, 2.75) is 25.1 Å². The highest BCUT2D eigenvalue weighted by molar-refractivity contribution is 7.88. The number of hydrogen-bond acceptors (Lipinski definition) is 6. The molecule has 0 radical (unpaired) electrons. The molecule has 0 heterocycles. The first-order chi connectivity index (χ1) is 14.9. The minimum absolute atomic E-state index is 0.129. The first-order valence-corrected chi connectivity index (χ1v) is 10.2. The van der Waals surface area contributed by atoms with Crippen molar-refractivity contribution < 1.29 is 44.1 Å². The van der Waals surface area contributed by atoms with Crippen molar-refractivity contribution in [3.05, 3.63) is 64.7 Å². The zero-order chi connectivity index (χ0) is 24.1. The normalized spacial score (nSPS) is 12.7. The van der Waals surface area contributed by atoms with E-state index in [0.717, 1.165) is 0 Å². The fourth-order valence-electron chi connectivity index (χ4n) is 2.46. The molecular formula is C19H15F5N2O5S.